The second-order valence-corrected chi connectivity index (χ2v) is 8.04. The Bertz CT molecular complexity index is 575. The molecule has 1 aromatic carbocycles. The minimum Gasteiger partial charge on any atom is -0.302 e. The summed E-state index contributed by atoms with van der Waals surface area (Å²) in [5.74, 6) is 0. The lowest BCUT2D eigenvalue weighted by Gasteiger charge is -2.32. The normalized spacial score (nSPS) is 21.1. The topological polar surface area (TPSA) is 49.4 Å². The molecule has 1 atom stereocenters. The molecule has 0 bridgehead atoms. The number of halogens is 1. The van der Waals surface area contributed by atoms with E-state index in [4.69, 9.17) is 0 Å². The fourth-order valence-electron chi connectivity index (χ4n) is 2.55. The van der Waals surface area contributed by atoms with Gasteiger partial charge in [-0.3, -0.25) is 0 Å². The van der Waals surface area contributed by atoms with E-state index in [0.29, 0.717) is 17.5 Å². The quantitative estimate of drug-likeness (QED) is 0.897. The Morgan fingerprint density at radius 2 is 2.15 bits per heavy atom. The van der Waals surface area contributed by atoms with Crippen LogP contribution in [0, 0.1) is 6.92 Å². The number of benzene rings is 1. The Balaban J connectivity index is 2.09. The molecule has 1 aliphatic heterocycles. The number of hydrogen-bond donors (Lipinski definition) is 1. The van der Waals surface area contributed by atoms with Gasteiger partial charge in [0.1, 0.15) is 0 Å². The van der Waals surface area contributed by atoms with Crippen molar-refractivity contribution < 1.29 is 8.42 Å². The number of sulfonamides is 1. The number of hydrogen-bond acceptors (Lipinski definition) is 3. The number of piperidine rings is 1. The minimum atomic E-state index is -3.44. The standard InChI is InChI=1S/C14H21BrN2O2S/c1-11-6-7-12(15)9-14(11)20(18,19)16-10-13-5-3-4-8-17(13)2/h6-7,9,13,16H,3-5,8,10H2,1-2H3. The maximum atomic E-state index is 12.4. The van der Waals surface area contributed by atoms with Crippen LogP contribution in [0.1, 0.15) is 24.8 Å². The molecule has 1 unspecified atom stereocenters. The summed E-state index contributed by atoms with van der Waals surface area (Å²) < 4.78 is 28.3. The second kappa shape index (κ2) is 6.56. The molecule has 6 heteroatoms. The van der Waals surface area contributed by atoms with Gasteiger partial charge in [-0.1, -0.05) is 28.4 Å². The second-order valence-electron chi connectivity index (χ2n) is 5.39. The zero-order valence-corrected chi connectivity index (χ0v) is 14.3. The van der Waals surface area contributed by atoms with Gasteiger partial charge in [0.05, 0.1) is 4.90 Å². The van der Waals surface area contributed by atoms with E-state index in [1.807, 2.05) is 19.1 Å². The molecule has 0 radical (unpaired) electrons. The van der Waals surface area contributed by atoms with Crippen molar-refractivity contribution in [2.24, 2.45) is 0 Å². The molecule has 1 fully saturated rings. The van der Waals surface area contributed by atoms with Gasteiger partial charge in [-0.05, 0) is 51.1 Å². The van der Waals surface area contributed by atoms with Crippen LogP contribution in [-0.2, 0) is 10.0 Å². The third-order valence-corrected chi connectivity index (χ3v) is 5.93. The summed E-state index contributed by atoms with van der Waals surface area (Å²) in [6.07, 6.45) is 3.42. The van der Waals surface area contributed by atoms with Crippen LogP contribution in [0.3, 0.4) is 0 Å². The summed E-state index contributed by atoms with van der Waals surface area (Å²) in [6, 6.07) is 5.61. The van der Waals surface area contributed by atoms with Gasteiger partial charge in [0, 0.05) is 17.1 Å². The number of nitrogens with zero attached hydrogens (tertiary/aromatic N) is 1. The summed E-state index contributed by atoms with van der Waals surface area (Å²) in [5.41, 5.74) is 0.762. The van der Waals surface area contributed by atoms with E-state index in [0.717, 1.165) is 23.0 Å². The van der Waals surface area contributed by atoms with Gasteiger partial charge < -0.3 is 4.90 Å². The first-order chi connectivity index (χ1) is 9.40. The first kappa shape index (κ1) is 15.9. The lowest BCUT2D eigenvalue weighted by Crippen LogP contribution is -2.44. The van der Waals surface area contributed by atoms with E-state index in [-0.39, 0.29) is 0 Å². The molecule has 0 amide bonds. The number of rotatable bonds is 4. The van der Waals surface area contributed by atoms with E-state index in [2.05, 4.69) is 32.6 Å². The largest absolute Gasteiger partial charge is 0.302 e. The van der Waals surface area contributed by atoms with Crippen molar-refractivity contribution in [2.75, 3.05) is 20.1 Å². The van der Waals surface area contributed by atoms with Crippen LogP contribution in [0.2, 0.25) is 0 Å². The van der Waals surface area contributed by atoms with E-state index < -0.39 is 10.0 Å². The van der Waals surface area contributed by atoms with E-state index in [9.17, 15) is 8.42 Å². The molecule has 1 aromatic rings. The molecule has 20 heavy (non-hydrogen) atoms. The molecule has 1 heterocycles. The van der Waals surface area contributed by atoms with E-state index in [1.54, 1.807) is 6.07 Å². The smallest absolute Gasteiger partial charge is 0.240 e. The van der Waals surface area contributed by atoms with Crippen LogP contribution >= 0.6 is 15.9 Å². The Labute approximate surface area is 129 Å². The number of likely N-dealkylation sites (N-methyl/N-ethyl adjacent to an activating group) is 1. The Morgan fingerprint density at radius 1 is 1.40 bits per heavy atom. The van der Waals surface area contributed by atoms with Crippen molar-refractivity contribution in [3.05, 3.63) is 28.2 Å². The third kappa shape index (κ3) is 3.81. The molecule has 2 rings (SSSR count). The van der Waals surface area contributed by atoms with Crippen molar-refractivity contribution in [1.82, 2.24) is 9.62 Å². The summed E-state index contributed by atoms with van der Waals surface area (Å²) in [6.45, 7) is 3.33. The first-order valence-electron chi connectivity index (χ1n) is 6.86. The van der Waals surface area contributed by atoms with E-state index in [1.165, 1.54) is 12.8 Å². The molecule has 0 aliphatic carbocycles. The molecular weight excluding hydrogens is 340 g/mol. The average Bonchev–Trinajstić information content (AvgIpc) is 2.40. The van der Waals surface area contributed by atoms with Gasteiger partial charge >= 0.3 is 0 Å². The molecule has 1 saturated heterocycles. The molecule has 4 nitrogen and oxygen atoms in total. The molecule has 1 N–H and O–H groups in total. The Hall–Kier alpha value is -0.430. The van der Waals surface area contributed by atoms with Gasteiger partial charge in [-0.25, -0.2) is 13.1 Å². The van der Waals surface area contributed by atoms with Gasteiger partial charge in [-0.2, -0.15) is 0 Å². The fraction of sp³-hybridized carbons (Fsp3) is 0.571. The summed E-state index contributed by atoms with van der Waals surface area (Å²) in [7, 11) is -1.38. The van der Waals surface area contributed by atoms with Crippen LogP contribution in [-0.4, -0.2) is 39.5 Å². The highest BCUT2D eigenvalue weighted by atomic mass is 79.9. The summed E-state index contributed by atoms with van der Waals surface area (Å²) in [4.78, 5) is 2.59. The fourth-order valence-corrected chi connectivity index (χ4v) is 4.40. The van der Waals surface area contributed by atoms with Crippen molar-refractivity contribution in [3.63, 3.8) is 0 Å². The molecular formula is C14H21BrN2O2S. The Kier molecular flexibility index (Phi) is 5.23. The van der Waals surface area contributed by atoms with Crippen LogP contribution in [0.15, 0.2) is 27.6 Å². The maximum Gasteiger partial charge on any atom is 0.240 e. The van der Waals surface area contributed by atoms with E-state index >= 15 is 0 Å². The predicted molar refractivity (Wildman–Crippen MR) is 84.3 cm³/mol. The number of likely N-dealkylation sites (tertiary alicyclic amines) is 1. The Morgan fingerprint density at radius 3 is 2.85 bits per heavy atom. The number of nitrogens with one attached hydrogen (secondary N) is 1. The molecule has 112 valence electrons. The minimum absolute atomic E-state index is 0.297. The van der Waals surface area contributed by atoms with Crippen molar-refractivity contribution in [3.8, 4) is 0 Å². The summed E-state index contributed by atoms with van der Waals surface area (Å²) in [5, 5.41) is 0. The highest BCUT2D eigenvalue weighted by Crippen LogP contribution is 2.21. The zero-order chi connectivity index (χ0) is 14.8. The van der Waals surface area contributed by atoms with Gasteiger partial charge in [0.15, 0.2) is 0 Å². The highest BCUT2D eigenvalue weighted by Gasteiger charge is 2.23. The molecule has 0 aromatic heterocycles. The molecule has 1 aliphatic rings. The zero-order valence-electron chi connectivity index (χ0n) is 11.9. The third-order valence-electron chi connectivity index (χ3n) is 3.87. The monoisotopic (exact) mass is 360 g/mol. The lowest BCUT2D eigenvalue weighted by atomic mass is 10.0. The molecule has 0 saturated carbocycles. The first-order valence-corrected chi connectivity index (χ1v) is 9.14. The SMILES string of the molecule is Cc1ccc(Br)cc1S(=O)(=O)NCC1CCCCN1C. The summed E-state index contributed by atoms with van der Waals surface area (Å²) >= 11 is 3.33. The van der Waals surface area contributed by atoms with Crippen molar-refractivity contribution >= 4 is 26.0 Å². The van der Waals surface area contributed by atoms with Crippen LogP contribution in [0.4, 0.5) is 0 Å². The van der Waals surface area contributed by atoms with Gasteiger partial charge in [-0.15, -0.1) is 0 Å². The van der Waals surface area contributed by atoms with Gasteiger partial charge in [0.2, 0.25) is 10.0 Å². The lowest BCUT2D eigenvalue weighted by molar-refractivity contribution is 0.187. The average molecular weight is 361 g/mol. The number of aryl methyl sites for hydroxylation is 1. The van der Waals surface area contributed by atoms with Crippen LogP contribution in [0.5, 0.6) is 0 Å². The van der Waals surface area contributed by atoms with Crippen molar-refractivity contribution in [2.45, 2.75) is 37.1 Å². The molecule has 0 spiro atoms. The highest BCUT2D eigenvalue weighted by molar-refractivity contribution is 9.10. The van der Waals surface area contributed by atoms with Gasteiger partial charge in [0.25, 0.3) is 0 Å². The predicted octanol–water partition coefficient (Wildman–Crippen LogP) is 2.52. The van der Waals surface area contributed by atoms with Crippen molar-refractivity contribution in [1.29, 1.82) is 0 Å². The van der Waals surface area contributed by atoms with Crippen LogP contribution < -0.4 is 4.72 Å². The maximum absolute atomic E-state index is 12.4. The van der Waals surface area contributed by atoms with Crippen LogP contribution in [0.25, 0.3) is 0 Å².